The Morgan fingerprint density at radius 1 is 1.00 bits per heavy atom. The van der Waals surface area contributed by atoms with E-state index in [2.05, 4.69) is 68.2 Å². The lowest BCUT2D eigenvalue weighted by Gasteiger charge is -2.40. The van der Waals surface area contributed by atoms with Crippen LogP contribution < -0.4 is 19.7 Å². The van der Waals surface area contributed by atoms with Crippen molar-refractivity contribution in [2.45, 2.75) is 46.5 Å². The Bertz CT molecular complexity index is 1080. The number of hydrogen-bond acceptors (Lipinski definition) is 5. The standard InChI is InChI=1S/C27H32N2O3/c1-5-29(6-2)18-9-7-17(8-10-18)25-19-13-23-24(32-12-11-31-23)14-20(19)28-21-15-27(3,4)16-22(30)26(21)25/h7-10,13-14,25,28H,5-6,11-12,15-16H2,1-4H3. The number of nitrogens with one attached hydrogen (secondary N) is 1. The van der Waals surface area contributed by atoms with Gasteiger partial charge in [0.05, 0.1) is 0 Å². The molecule has 2 heterocycles. The van der Waals surface area contributed by atoms with E-state index in [4.69, 9.17) is 9.47 Å². The quantitative estimate of drug-likeness (QED) is 0.691. The summed E-state index contributed by atoms with van der Waals surface area (Å²) in [5.41, 5.74) is 6.34. The highest BCUT2D eigenvalue weighted by Gasteiger charge is 2.41. The number of Topliss-reactive ketones (excluding diaryl/α,β-unsaturated/α-hetero) is 1. The molecule has 1 N–H and O–H groups in total. The number of rotatable bonds is 4. The van der Waals surface area contributed by atoms with Crippen molar-refractivity contribution in [1.29, 1.82) is 0 Å². The molecule has 0 fully saturated rings. The minimum atomic E-state index is -0.105. The second kappa shape index (κ2) is 7.88. The number of anilines is 2. The number of hydrogen-bond donors (Lipinski definition) is 1. The van der Waals surface area contributed by atoms with E-state index in [1.54, 1.807) is 0 Å². The van der Waals surface area contributed by atoms with Gasteiger partial charge < -0.3 is 19.7 Å². The van der Waals surface area contributed by atoms with Crippen LogP contribution in [-0.2, 0) is 4.79 Å². The van der Waals surface area contributed by atoms with Gasteiger partial charge in [-0.1, -0.05) is 26.0 Å². The average Bonchev–Trinajstić information content (AvgIpc) is 2.77. The lowest BCUT2D eigenvalue weighted by molar-refractivity contribution is -0.118. The zero-order valence-electron chi connectivity index (χ0n) is 19.5. The number of ether oxygens (including phenoxy) is 2. The third kappa shape index (κ3) is 3.54. The maximum Gasteiger partial charge on any atom is 0.163 e. The first kappa shape index (κ1) is 20.9. The second-order valence-electron chi connectivity index (χ2n) is 9.74. The lowest BCUT2D eigenvalue weighted by Crippen LogP contribution is -2.34. The summed E-state index contributed by atoms with van der Waals surface area (Å²) in [7, 11) is 0. The van der Waals surface area contributed by atoms with Gasteiger partial charge in [-0.05, 0) is 55.0 Å². The SMILES string of the molecule is CCN(CC)c1ccc(C2C3=C(CC(C)(C)CC3=O)Nc3cc4c(cc32)OCCO4)cc1. The molecule has 5 heteroatoms. The van der Waals surface area contributed by atoms with E-state index in [1.165, 1.54) is 5.69 Å². The van der Waals surface area contributed by atoms with Crippen LogP contribution in [0.2, 0.25) is 0 Å². The van der Waals surface area contributed by atoms with Crippen LogP contribution in [-0.4, -0.2) is 32.1 Å². The van der Waals surface area contributed by atoms with Crippen LogP contribution in [0.3, 0.4) is 0 Å². The van der Waals surface area contributed by atoms with Crippen LogP contribution in [0.15, 0.2) is 47.7 Å². The van der Waals surface area contributed by atoms with Crippen LogP contribution in [0.4, 0.5) is 11.4 Å². The number of carbonyl (C=O) groups is 1. The molecule has 2 aromatic carbocycles. The minimum absolute atomic E-state index is 0.0502. The maximum absolute atomic E-state index is 13.4. The van der Waals surface area contributed by atoms with E-state index in [0.717, 1.165) is 59.1 Å². The second-order valence-corrected chi connectivity index (χ2v) is 9.74. The number of nitrogens with zero attached hydrogens (tertiary/aromatic N) is 1. The molecule has 5 rings (SSSR count). The van der Waals surface area contributed by atoms with E-state index in [9.17, 15) is 4.79 Å². The first-order valence-electron chi connectivity index (χ1n) is 11.7. The Morgan fingerprint density at radius 3 is 2.31 bits per heavy atom. The number of ketones is 1. The normalized spacial score (nSPS) is 20.9. The summed E-state index contributed by atoms with van der Waals surface area (Å²) >= 11 is 0. The van der Waals surface area contributed by atoms with Gasteiger partial charge in [0.2, 0.25) is 0 Å². The minimum Gasteiger partial charge on any atom is -0.486 e. The average molecular weight is 433 g/mol. The van der Waals surface area contributed by atoms with Gasteiger partial charge in [-0.2, -0.15) is 0 Å². The largest absolute Gasteiger partial charge is 0.486 e. The molecular weight excluding hydrogens is 400 g/mol. The highest BCUT2D eigenvalue weighted by atomic mass is 16.6. The Balaban J connectivity index is 1.64. The van der Waals surface area contributed by atoms with Crippen molar-refractivity contribution in [1.82, 2.24) is 0 Å². The highest BCUT2D eigenvalue weighted by Crippen LogP contribution is 2.51. The third-order valence-electron chi connectivity index (χ3n) is 6.87. The van der Waals surface area contributed by atoms with Crippen molar-refractivity contribution >= 4 is 17.2 Å². The number of benzene rings is 2. The maximum atomic E-state index is 13.4. The fourth-order valence-corrected chi connectivity index (χ4v) is 5.36. The molecule has 0 saturated heterocycles. The predicted octanol–water partition coefficient (Wildman–Crippen LogP) is 5.50. The Labute approximate surface area is 190 Å². The summed E-state index contributed by atoms with van der Waals surface area (Å²) in [4.78, 5) is 15.8. The molecular formula is C27H32N2O3. The van der Waals surface area contributed by atoms with Gasteiger partial charge in [0.25, 0.3) is 0 Å². The Hall–Kier alpha value is -2.95. The number of allylic oxidation sites excluding steroid dienone is 2. The zero-order valence-corrected chi connectivity index (χ0v) is 19.5. The summed E-state index contributed by atoms with van der Waals surface area (Å²) in [5.74, 6) is 1.66. The fraction of sp³-hybridized carbons (Fsp3) is 0.444. The molecule has 0 spiro atoms. The first-order chi connectivity index (χ1) is 15.4. The molecule has 0 bridgehead atoms. The monoisotopic (exact) mass is 432 g/mol. The summed E-state index contributed by atoms with van der Waals surface area (Å²) < 4.78 is 11.7. The van der Waals surface area contributed by atoms with Crippen molar-refractivity contribution in [3.8, 4) is 11.5 Å². The molecule has 3 aliphatic rings. The molecule has 2 aromatic rings. The van der Waals surface area contributed by atoms with Crippen molar-refractivity contribution < 1.29 is 14.3 Å². The molecule has 0 aromatic heterocycles. The number of fused-ring (bicyclic) bond motifs is 2. The van der Waals surface area contributed by atoms with Gasteiger partial charge in [-0.15, -0.1) is 0 Å². The van der Waals surface area contributed by atoms with Gasteiger partial charge in [-0.3, -0.25) is 4.79 Å². The van der Waals surface area contributed by atoms with E-state index in [-0.39, 0.29) is 17.1 Å². The molecule has 0 radical (unpaired) electrons. The molecule has 0 amide bonds. The van der Waals surface area contributed by atoms with Gasteiger partial charge in [-0.25, -0.2) is 0 Å². The highest BCUT2D eigenvalue weighted by molar-refractivity contribution is 6.01. The lowest BCUT2D eigenvalue weighted by atomic mass is 9.68. The van der Waals surface area contributed by atoms with Crippen LogP contribution in [0.1, 0.15) is 57.6 Å². The molecule has 168 valence electrons. The molecule has 32 heavy (non-hydrogen) atoms. The molecule has 1 unspecified atom stereocenters. The van der Waals surface area contributed by atoms with Gasteiger partial charge >= 0.3 is 0 Å². The zero-order chi connectivity index (χ0) is 22.5. The van der Waals surface area contributed by atoms with E-state index in [1.807, 2.05) is 6.07 Å². The van der Waals surface area contributed by atoms with Crippen LogP contribution in [0, 0.1) is 5.41 Å². The molecule has 1 atom stereocenters. The Kier molecular flexibility index (Phi) is 5.15. The van der Waals surface area contributed by atoms with E-state index < -0.39 is 0 Å². The van der Waals surface area contributed by atoms with Gasteiger partial charge in [0.1, 0.15) is 13.2 Å². The number of carbonyl (C=O) groups excluding carboxylic acids is 1. The topological polar surface area (TPSA) is 50.8 Å². The van der Waals surface area contributed by atoms with Crippen LogP contribution in [0.5, 0.6) is 11.5 Å². The molecule has 5 nitrogen and oxygen atoms in total. The summed E-state index contributed by atoms with van der Waals surface area (Å²) in [5, 5.41) is 3.60. The predicted molar refractivity (Wildman–Crippen MR) is 128 cm³/mol. The molecule has 0 saturated carbocycles. The van der Waals surface area contributed by atoms with Crippen LogP contribution >= 0.6 is 0 Å². The smallest absolute Gasteiger partial charge is 0.163 e. The van der Waals surface area contributed by atoms with Crippen molar-refractivity contribution in [2.75, 3.05) is 36.5 Å². The van der Waals surface area contributed by atoms with E-state index in [0.29, 0.717) is 19.6 Å². The van der Waals surface area contributed by atoms with Gasteiger partial charge in [0.15, 0.2) is 17.3 Å². The Morgan fingerprint density at radius 2 is 1.66 bits per heavy atom. The third-order valence-corrected chi connectivity index (χ3v) is 6.87. The van der Waals surface area contributed by atoms with Crippen LogP contribution in [0.25, 0.3) is 0 Å². The van der Waals surface area contributed by atoms with Crippen molar-refractivity contribution in [3.05, 3.63) is 58.8 Å². The first-order valence-corrected chi connectivity index (χ1v) is 11.7. The fourth-order valence-electron chi connectivity index (χ4n) is 5.36. The molecule has 2 aliphatic heterocycles. The summed E-state index contributed by atoms with van der Waals surface area (Å²) in [6.07, 6.45) is 1.43. The van der Waals surface area contributed by atoms with Crippen molar-refractivity contribution in [3.63, 3.8) is 0 Å². The van der Waals surface area contributed by atoms with Crippen molar-refractivity contribution in [2.24, 2.45) is 5.41 Å². The summed E-state index contributed by atoms with van der Waals surface area (Å²) in [6.45, 7) is 11.7. The summed E-state index contributed by atoms with van der Waals surface area (Å²) in [6, 6.07) is 12.8. The molecule has 1 aliphatic carbocycles. The van der Waals surface area contributed by atoms with Gasteiger partial charge in [0, 0.05) is 54.1 Å². The van der Waals surface area contributed by atoms with E-state index >= 15 is 0 Å².